The lowest BCUT2D eigenvalue weighted by Crippen LogP contribution is -2.42. The van der Waals surface area contributed by atoms with Gasteiger partial charge in [-0.25, -0.2) is 9.97 Å². The number of fused-ring (bicyclic) bond motifs is 1. The van der Waals surface area contributed by atoms with Gasteiger partial charge in [-0.05, 0) is 32.0 Å². The van der Waals surface area contributed by atoms with E-state index in [1.165, 1.54) is 0 Å². The Morgan fingerprint density at radius 1 is 1.15 bits per heavy atom. The van der Waals surface area contributed by atoms with E-state index in [1.807, 2.05) is 50.2 Å². The van der Waals surface area contributed by atoms with Gasteiger partial charge in [0.1, 0.15) is 6.10 Å². The zero-order chi connectivity index (χ0) is 18.1. The van der Waals surface area contributed by atoms with Crippen molar-refractivity contribution in [2.45, 2.75) is 20.0 Å². The molecule has 1 aromatic carbocycles. The zero-order valence-electron chi connectivity index (χ0n) is 14.8. The van der Waals surface area contributed by atoms with E-state index >= 15 is 0 Å². The predicted molar refractivity (Wildman–Crippen MR) is 97.8 cm³/mol. The molecule has 6 heteroatoms. The average Bonchev–Trinajstić information content (AvgIpc) is 2.66. The Morgan fingerprint density at radius 3 is 2.73 bits per heavy atom. The van der Waals surface area contributed by atoms with E-state index < -0.39 is 0 Å². The fourth-order valence-corrected chi connectivity index (χ4v) is 3.26. The number of aryl methyl sites for hydroxylation is 2. The first-order valence-electron chi connectivity index (χ1n) is 8.68. The Balaban J connectivity index is 1.57. The fraction of sp³-hybridized carbons (Fsp3) is 0.300. The highest BCUT2D eigenvalue weighted by molar-refractivity contribution is 5.97. The smallest absolute Gasteiger partial charge is 0.255 e. The van der Waals surface area contributed by atoms with Gasteiger partial charge in [0.25, 0.3) is 5.91 Å². The lowest BCUT2D eigenvalue weighted by Gasteiger charge is -2.32. The average molecular weight is 348 g/mol. The van der Waals surface area contributed by atoms with Gasteiger partial charge in [0, 0.05) is 29.5 Å². The maximum atomic E-state index is 12.9. The molecule has 0 N–H and O–H groups in total. The fourth-order valence-electron chi connectivity index (χ4n) is 3.26. The minimum Gasteiger partial charge on any atom is -0.367 e. The quantitative estimate of drug-likeness (QED) is 0.712. The van der Waals surface area contributed by atoms with Gasteiger partial charge in [-0.1, -0.05) is 18.2 Å². The molecule has 1 saturated heterocycles. The number of pyridine rings is 1. The Kier molecular flexibility index (Phi) is 4.34. The van der Waals surface area contributed by atoms with Crippen molar-refractivity contribution in [3.8, 4) is 0 Å². The van der Waals surface area contributed by atoms with E-state index in [9.17, 15) is 4.79 Å². The molecule has 26 heavy (non-hydrogen) atoms. The maximum Gasteiger partial charge on any atom is 0.255 e. The monoisotopic (exact) mass is 348 g/mol. The molecule has 1 fully saturated rings. The largest absolute Gasteiger partial charge is 0.367 e. The van der Waals surface area contributed by atoms with Crippen molar-refractivity contribution in [2.75, 3.05) is 19.7 Å². The molecule has 132 valence electrons. The molecule has 3 heterocycles. The van der Waals surface area contributed by atoms with Crippen molar-refractivity contribution < 1.29 is 9.53 Å². The van der Waals surface area contributed by atoms with Crippen LogP contribution in [0.1, 0.15) is 33.7 Å². The molecule has 1 aliphatic rings. The number of benzene rings is 1. The first-order chi connectivity index (χ1) is 12.6. The Hall–Kier alpha value is -2.86. The number of rotatable bonds is 2. The van der Waals surface area contributed by atoms with Gasteiger partial charge in [-0.15, -0.1) is 0 Å². The molecule has 0 radical (unpaired) electrons. The highest BCUT2D eigenvalue weighted by atomic mass is 16.5. The van der Waals surface area contributed by atoms with Crippen LogP contribution in [0.2, 0.25) is 0 Å². The van der Waals surface area contributed by atoms with E-state index in [0.717, 1.165) is 22.3 Å². The molecule has 1 aliphatic heterocycles. The Labute approximate surface area is 151 Å². The number of para-hydroxylation sites is 1. The van der Waals surface area contributed by atoms with E-state index in [2.05, 4.69) is 15.0 Å². The van der Waals surface area contributed by atoms with Crippen LogP contribution in [-0.2, 0) is 4.74 Å². The van der Waals surface area contributed by atoms with Crippen LogP contribution in [0.4, 0.5) is 0 Å². The van der Waals surface area contributed by atoms with Crippen LogP contribution in [0.15, 0.2) is 42.6 Å². The van der Waals surface area contributed by atoms with Crippen molar-refractivity contribution in [3.05, 3.63) is 65.4 Å². The van der Waals surface area contributed by atoms with Crippen LogP contribution < -0.4 is 0 Å². The van der Waals surface area contributed by atoms with Crippen LogP contribution in [-0.4, -0.2) is 45.5 Å². The number of ether oxygens (including phenoxy) is 1. The van der Waals surface area contributed by atoms with Crippen LogP contribution in [0.25, 0.3) is 10.9 Å². The summed E-state index contributed by atoms with van der Waals surface area (Å²) in [6, 6.07) is 11.6. The van der Waals surface area contributed by atoms with Gasteiger partial charge in [0.05, 0.1) is 24.2 Å². The van der Waals surface area contributed by atoms with E-state index in [1.54, 1.807) is 11.1 Å². The number of carbonyl (C=O) groups is 1. The summed E-state index contributed by atoms with van der Waals surface area (Å²) in [5, 5.41) is 0.959. The number of hydrogen-bond acceptors (Lipinski definition) is 5. The van der Waals surface area contributed by atoms with Gasteiger partial charge in [-0.3, -0.25) is 9.78 Å². The van der Waals surface area contributed by atoms with Gasteiger partial charge in [0.15, 0.2) is 5.82 Å². The maximum absolute atomic E-state index is 12.9. The molecule has 2 aromatic heterocycles. The molecule has 0 unspecified atom stereocenters. The second kappa shape index (κ2) is 6.80. The summed E-state index contributed by atoms with van der Waals surface area (Å²) in [6.45, 7) is 5.32. The minimum absolute atomic E-state index is 0.0408. The van der Waals surface area contributed by atoms with Gasteiger partial charge < -0.3 is 9.64 Å². The third-order valence-corrected chi connectivity index (χ3v) is 4.48. The number of hydrogen-bond donors (Lipinski definition) is 0. The Bertz CT molecular complexity index is 953. The van der Waals surface area contributed by atoms with Gasteiger partial charge in [0.2, 0.25) is 0 Å². The van der Waals surface area contributed by atoms with E-state index in [0.29, 0.717) is 31.1 Å². The van der Waals surface area contributed by atoms with Crippen molar-refractivity contribution >= 4 is 16.8 Å². The second-order valence-corrected chi connectivity index (χ2v) is 6.54. The summed E-state index contributed by atoms with van der Waals surface area (Å²) in [5.41, 5.74) is 3.27. The van der Waals surface area contributed by atoms with Gasteiger partial charge >= 0.3 is 0 Å². The first kappa shape index (κ1) is 16.6. The lowest BCUT2D eigenvalue weighted by molar-refractivity contribution is -0.0269. The molecule has 0 bridgehead atoms. The van der Waals surface area contributed by atoms with Crippen LogP contribution in [0, 0.1) is 13.8 Å². The third kappa shape index (κ3) is 3.28. The van der Waals surface area contributed by atoms with Crippen LogP contribution in [0.3, 0.4) is 0 Å². The van der Waals surface area contributed by atoms with E-state index in [-0.39, 0.29) is 12.0 Å². The van der Waals surface area contributed by atoms with Crippen LogP contribution in [0.5, 0.6) is 0 Å². The predicted octanol–water partition coefficient (Wildman–Crippen LogP) is 2.86. The van der Waals surface area contributed by atoms with Crippen molar-refractivity contribution in [1.82, 2.24) is 19.9 Å². The molecule has 0 spiro atoms. The summed E-state index contributed by atoms with van der Waals surface area (Å²) >= 11 is 0. The number of nitrogens with zero attached hydrogens (tertiary/aromatic N) is 4. The molecule has 0 aliphatic carbocycles. The standard InChI is InChI=1S/C20H20N4O2/c1-13-9-14(2)23-19(22-13)18-12-24(7-8-26-18)20(25)16-10-15-5-3-4-6-17(15)21-11-16/h3-6,9-11,18H,7-8,12H2,1-2H3/t18-/m1/s1. The molecule has 4 rings (SSSR count). The normalized spacial score (nSPS) is 17.5. The summed E-state index contributed by atoms with van der Waals surface area (Å²) in [6.07, 6.45) is 1.34. The lowest BCUT2D eigenvalue weighted by atomic mass is 10.1. The topological polar surface area (TPSA) is 68.2 Å². The molecular formula is C20H20N4O2. The van der Waals surface area contributed by atoms with Crippen LogP contribution >= 0.6 is 0 Å². The summed E-state index contributed by atoms with van der Waals surface area (Å²) in [7, 11) is 0. The highest BCUT2D eigenvalue weighted by Crippen LogP contribution is 2.22. The first-order valence-corrected chi connectivity index (χ1v) is 8.68. The summed E-state index contributed by atoms with van der Waals surface area (Å²) < 4.78 is 5.83. The SMILES string of the molecule is Cc1cc(C)nc([C@H]2CN(C(=O)c3cnc4ccccc4c3)CCO2)n1. The van der Waals surface area contributed by atoms with Crippen molar-refractivity contribution in [3.63, 3.8) is 0 Å². The second-order valence-electron chi connectivity index (χ2n) is 6.54. The molecule has 6 nitrogen and oxygen atoms in total. The highest BCUT2D eigenvalue weighted by Gasteiger charge is 2.28. The molecule has 3 aromatic rings. The summed E-state index contributed by atoms with van der Waals surface area (Å²) in [5.74, 6) is 0.595. The number of aromatic nitrogens is 3. The number of carbonyl (C=O) groups excluding carboxylic acids is 1. The zero-order valence-corrected chi connectivity index (χ0v) is 14.8. The molecule has 1 amide bonds. The summed E-state index contributed by atoms with van der Waals surface area (Å²) in [4.78, 5) is 28.1. The third-order valence-electron chi connectivity index (χ3n) is 4.48. The number of morpholine rings is 1. The van der Waals surface area contributed by atoms with Gasteiger partial charge in [-0.2, -0.15) is 0 Å². The number of amides is 1. The Morgan fingerprint density at radius 2 is 1.92 bits per heavy atom. The van der Waals surface area contributed by atoms with Crippen molar-refractivity contribution in [1.29, 1.82) is 0 Å². The molecule has 1 atom stereocenters. The van der Waals surface area contributed by atoms with E-state index in [4.69, 9.17) is 4.74 Å². The molecular weight excluding hydrogens is 328 g/mol. The van der Waals surface area contributed by atoms with Crippen molar-refractivity contribution in [2.24, 2.45) is 0 Å². The minimum atomic E-state index is -0.306. The molecule has 0 saturated carbocycles.